The van der Waals surface area contributed by atoms with E-state index in [1.54, 1.807) is 30.3 Å². The van der Waals surface area contributed by atoms with E-state index in [9.17, 15) is 9.18 Å². The molecule has 0 aliphatic heterocycles. The van der Waals surface area contributed by atoms with Crippen molar-refractivity contribution in [2.45, 2.75) is 6.42 Å². The summed E-state index contributed by atoms with van der Waals surface area (Å²) in [6.07, 6.45) is 0.601. The van der Waals surface area contributed by atoms with Crippen molar-refractivity contribution in [1.29, 1.82) is 0 Å². The van der Waals surface area contributed by atoms with Crippen LogP contribution in [-0.2, 0) is 6.42 Å². The van der Waals surface area contributed by atoms with Crippen LogP contribution in [0.1, 0.15) is 5.56 Å². The lowest BCUT2D eigenvalue weighted by Crippen LogP contribution is -2.30. The standard InChI is InChI=1S/C15H13Cl2FN2O/c16-12-2-1-3-13(17)14(12)20-15(21)19-9-8-10-4-6-11(18)7-5-10/h1-7H,8-9H2,(H2,19,20,21). The predicted octanol–water partition coefficient (Wildman–Crippen LogP) is 4.50. The van der Waals surface area contributed by atoms with E-state index in [0.717, 1.165) is 5.56 Å². The number of benzene rings is 2. The Kier molecular flexibility index (Phi) is 5.42. The number of anilines is 1. The van der Waals surface area contributed by atoms with Gasteiger partial charge in [-0.25, -0.2) is 9.18 Å². The molecule has 0 unspecified atom stereocenters. The molecule has 2 amide bonds. The minimum Gasteiger partial charge on any atom is -0.338 e. The molecule has 2 N–H and O–H groups in total. The Morgan fingerprint density at radius 2 is 1.67 bits per heavy atom. The molecule has 0 heterocycles. The molecule has 0 atom stereocenters. The van der Waals surface area contributed by atoms with Gasteiger partial charge in [0.1, 0.15) is 5.82 Å². The number of rotatable bonds is 4. The van der Waals surface area contributed by atoms with E-state index in [-0.39, 0.29) is 5.82 Å². The third-order valence-corrected chi connectivity index (χ3v) is 3.44. The summed E-state index contributed by atoms with van der Waals surface area (Å²) in [5.41, 5.74) is 1.31. The maximum atomic E-state index is 12.8. The van der Waals surface area contributed by atoms with Crippen LogP contribution in [0.2, 0.25) is 10.0 Å². The Hall–Kier alpha value is -1.78. The zero-order valence-corrected chi connectivity index (χ0v) is 12.5. The maximum absolute atomic E-state index is 12.8. The second kappa shape index (κ2) is 7.29. The topological polar surface area (TPSA) is 41.1 Å². The van der Waals surface area contributed by atoms with E-state index < -0.39 is 6.03 Å². The summed E-state index contributed by atoms with van der Waals surface area (Å²) >= 11 is 11.9. The first kappa shape index (κ1) is 15.6. The molecule has 0 saturated heterocycles. The molecule has 0 aliphatic carbocycles. The first-order valence-corrected chi connectivity index (χ1v) is 7.05. The van der Waals surface area contributed by atoms with E-state index >= 15 is 0 Å². The largest absolute Gasteiger partial charge is 0.338 e. The van der Waals surface area contributed by atoms with E-state index in [0.29, 0.717) is 28.7 Å². The molecule has 2 aromatic rings. The van der Waals surface area contributed by atoms with Gasteiger partial charge in [0.15, 0.2) is 0 Å². The molecule has 3 nitrogen and oxygen atoms in total. The molecule has 0 bridgehead atoms. The Balaban J connectivity index is 1.84. The summed E-state index contributed by atoms with van der Waals surface area (Å²) < 4.78 is 12.8. The van der Waals surface area contributed by atoms with Crippen LogP contribution in [0.4, 0.5) is 14.9 Å². The Bertz CT molecular complexity index is 612. The quantitative estimate of drug-likeness (QED) is 0.853. The lowest BCUT2D eigenvalue weighted by molar-refractivity contribution is 0.252. The van der Waals surface area contributed by atoms with Gasteiger partial charge in [-0.3, -0.25) is 0 Å². The highest BCUT2D eigenvalue weighted by molar-refractivity contribution is 6.39. The molecule has 110 valence electrons. The van der Waals surface area contributed by atoms with Gasteiger partial charge in [-0.15, -0.1) is 0 Å². The molecule has 21 heavy (non-hydrogen) atoms. The Labute approximate surface area is 132 Å². The van der Waals surface area contributed by atoms with Crippen LogP contribution < -0.4 is 10.6 Å². The molecule has 0 spiro atoms. The summed E-state index contributed by atoms with van der Waals surface area (Å²) in [5.74, 6) is -0.280. The lowest BCUT2D eigenvalue weighted by atomic mass is 10.1. The van der Waals surface area contributed by atoms with E-state index in [1.165, 1.54) is 12.1 Å². The van der Waals surface area contributed by atoms with Crippen molar-refractivity contribution in [1.82, 2.24) is 5.32 Å². The van der Waals surface area contributed by atoms with Crippen molar-refractivity contribution in [3.63, 3.8) is 0 Å². The van der Waals surface area contributed by atoms with E-state index in [4.69, 9.17) is 23.2 Å². The van der Waals surface area contributed by atoms with Gasteiger partial charge in [0.25, 0.3) is 0 Å². The van der Waals surface area contributed by atoms with Gasteiger partial charge < -0.3 is 10.6 Å². The highest BCUT2D eigenvalue weighted by Crippen LogP contribution is 2.29. The highest BCUT2D eigenvalue weighted by Gasteiger charge is 2.08. The first-order chi connectivity index (χ1) is 10.1. The van der Waals surface area contributed by atoms with Crippen molar-refractivity contribution < 1.29 is 9.18 Å². The van der Waals surface area contributed by atoms with Crippen LogP contribution in [-0.4, -0.2) is 12.6 Å². The number of halogens is 3. The van der Waals surface area contributed by atoms with Gasteiger partial charge in [0.05, 0.1) is 15.7 Å². The predicted molar refractivity (Wildman–Crippen MR) is 83.6 cm³/mol. The number of carbonyl (C=O) groups excluding carboxylic acids is 1. The number of carbonyl (C=O) groups is 1. The molecule has 2 rings (SSSR count). The maximum Gasteiger partial charge on any atom is 0.319 e. The fraction of sp³-hybridized carbons (Fsp3) is 0.133. The average Bonchev–Trinajstić information content (AvgIpc) is 2.45. The first-order valence-electron chi connectivity index (χ1n) is 6.29. The van der Waals surface area contributed by atoms with Crippen LogP contribution in [0.25, 0.3) is 0 Å². The van der Waals surface area contributed by atoms with E-state index in [2.05, 4.69) is 10.6 Å². The minimum atomic E-state index is -0.396. The SMILES string of the molecule is O=C(NCCc1ccc(F)cc1)Nc1c(Cl)cccc1Cl. The van der Waals surface area contributed by atoms with Gasteiger partial charge in [-0.05, 0) is 36.2 Å². The van der Waals surface area contributed by atoms with Gasteiger partial charge >= 0.3 is 6.03 Å². The fourth-order valence-corrected chi connectivity index (χ4v) is 2.24. The third-order valence-electron chi connectivity index (χ3n) is 2.81. The molecule has 0 fully saturated rings. The molecular weight excluding hydrogens is 314 g/mol. The van der Waals surface area contributed by atoms with E-state index in [1.807, 2.05) is 0 Å². The molecule has 0 aromatic heterocycles. The van der Waals surface area contributed by atoms with Crippen molar-refractivity contribution in [3.05, 3.63) is 63.9 Å². The molecular formula is C15H13Cl2FN2O. The Morgan fingerprint density at radius 3 is 2.29 bits per heavy atom. The number of hydrogen-bond donors (Lipinski definition) is 2. The highest BCUT2D eigenvalue weighted by atomic mass is 35.5. The lowest BCUT2D eigenvalue weighted by Gasteiger charge is -2.10. The van der Waals surface area contributed by atoms with Crippen molar-refractivity contribution in [2.24, 2.45) is 0 Å². The number of amides is 2. The van der Waals surface area contributed by atoms with Crippen LogP contribution in [0.5, 0.6) is 0 Å². The molecule has 0 radical (unpaired) electrons. The summed E-state index contributed by atoms with van der Waals surface area (Å²) in [7, 11) is 0. The number of urea groups is 1. The molecule has 0 aliphatic rings. The summed E-state index contributed by atoms with van der Waals surface area (Å²) in [6.45, 7) is 0.416. The minimum absolute atomic E-state index is 0.280. The van der Waals surface area contributed by atoms with Crippen LogP contribution in [0, 0.1) is 5.82 Å². The van der Waals surface area contributed by atoms with Gasteiger partial charge in [-0.1, -0.05) is 41.4 Å². The monoisotopic (exact) mass is 326 g/mol. The number of nitrogens with one attached hydrogen (secondary N) is 2. The smallest absolute Gasteiger partial charge is 0.319 e. The normalized spacial score (nSPS) is 10.2. The van der Waals surface area contributed by atoms with Crippen molar-refractivity contribution in [2.75, 3.05) is 11.9 Å². The summed E-state index contributed by atoms with van der Waals surface area (Å²) in [5, 5.41) is 6.03. The molecule has 2 aromatic carbocycles. The zero-order chi connectivity index (χ0) is 15.2. The summed E-state index contributed by atoms with van der Waals surface area (Å²) in [6, 6.07) is 10.7. The van der Waals surface area contributed by atoms with Gasteiger partial charge in [0.2, 0.25) is 0 Å². The number of hydrogen-bond acceptors (Lipinski definition) is 1. The second-order valence-corrected chi connectivity index (χ2v) is 5.17. The fourth-order valence-electron chi connectivity index (χ4n) is 1.75. The van der Waals surface area contributed by atoms with Crippen molar-refractivity contribution >= 4 is 34.9 Å². The second-order valence-electron chi connectivity index (χ2n) is 4.35. The molecule has 0 saturated carbocycles. The number of para-hydroxylation sites is 1. The summed E-state index contributed by atoms with van der Waals surface area (Å²) in [4.78, 5) is 11.8. The Morgan fingerprint density at radius 1 is 1.05 bits per heavy atom. The average molecular weight is 327 g/mol. The van der Waals surface area contributed by atoms with Crippen LogP contribution in [0.3, 0.4) is 0 Å². The third kappa shape index (κ3) is 4.62. The van der Waals surface area contributed by atoms with Gasteiger partial charge in [0, 0.05) is 6.54 Å². The molecule has 6 heteroatoms. The van der Waals surface area contributed by atoms with Crippen molar-refractivity contribution in [3.8, 4) is 0 Å². The van der Waals surface area contributed by atoms with Crippen LogP contribution in [0.15, 0.2) is 42.5 Å². The van der Waals surface area contributed by atoms with Gasteiger partial charge in [-0.2, -0.15) is 0 Å². The zero-order valence-electron chi connectivity index (χ0n) is 11.0. The van der Waals surface area contributed by atoms with Crippen LogP contribution >= 0.6 is 23.2 Å².